The highest BCUT2D eigenvalue weighted by Crippen LogP contribution is 2.36. The summed E-state index contributed by atoms with van der Waals surface area (Å²) in [6.07, 6.45) is 0. The van der Waals surface area contributed by atoms with Gasteiger partial charge in [0.15, 0.2) is 0 Å². The van der Waals surface area contributed by atoms with Crippen LogP contribution >= 0.6 is 0 Å². The maximum Gasteiger partial charge on any atom is 0.140 e. The molecule has 8 nitrogen and oxygen atoms in total. The van der Waals surface area contributed by atoms with Crippen LogP contribution < -0.4 is 8.97 Å². The van der Waals surface area contributed by atoms with Crippen molar-refractivity contribution in [3.8, 4) is 22.3 Å². The standard InChI is InChI=1S/C30H42N2.2C6H6O3S/c1-7-31(8-2,9-3)28-23-21-26(22-24-28)25-17-19-27(20-18-25)29-15-13-14-16-30(29)32(10-4,11-5)12-6;2*7-10(8,9)6-4-2-1-3-5-6/h13-24H,7-12H2,1-6H3;2*1-5H,(H,7,8,9)/q+2;;/p-2. The maximum absolute atomic E-state index is 10.3. The van der Waals surface area contributed by atoms with Crippen molar-refractivity contribution in [2.24, 2.45) is 0 Å². The molecule has 5 rings (SSSR count). The summed E-state index contributed by atoms with van der Waals surface area (Å²) in [5.41, 5.74) is 8.08. The first-order valence-corrected chi connectivity index (χ1v) is 20.6. The Morgan fingerprint density at radius 1 is 0.404 bits per heavy atom. The zero-order valence-corrected chi connectivity index (χ0v) is 32.7. The molecule has 0 aliphatic heterocycles. The first-order valence-electron chi connectivity index (χ1n) is 17.8. The molecule has 10 heteroatoms. The van der Waals surface area contributed by atoms with Crippen LogP contribution in [0.5, 0.6) is 0 Å². The highest BCUT2D eigenvalue weighted by Gasteiger charge is 2.28. The molecule has 278 valence electrons. The van der Waals surface area contributed by atoms with E-state index in [1.165, 1.54) is 82.2 Å². The van der Waals surface area contributed by atoms with Gasteiger partial charge < -0.3 is 9.11 Å². The normalized spacial score (nSPS) is 11.8. The molecule has 0 N–H and O–H groups in total. The summed E-state index contributed by atoms with van der Waals surface area (Å²) in [7, 11) is -8.51. The van der Waals surface area contributed by atoms with Gasteiger partial charge in [-0.15, -0.1) is 0 Å². The second-order valence-electron chi connectivity index (χ2n) is 12.4. The second kappa shape index (κ2) is 19.1. The fourth-order valence-electron chi connectivity index (χ4n) is 6.52. The lowest BCUT2D eigenvalue weighted by Gasteiger charge is -2.36. The molecule has 52 heavy (non-hydrogen) atoms. The van der Waals surface area contributed by atoms with E-state index in [-0.39, 0.29) is 9.79 Å². The lowest BCUT2D eigenvalue weighted by atomic mass is 9.97. The van der Waals surface area contributed by atoms with E-state index in [0.29, 0.717) is 0 Å². The van der Waals surface area contributed by atoms with Crippen LogP contribution in [0.3, 0.4) is 0 Å². The summed E-state index contributed by atoms with van der Waals surface area (Å²) in [4.78, 5) is -0.370. The summed E-state index contributed by atoms with van der Waals surface area (Å²) >= 11 is 0. The van der Waals surface area contributed by atoms with E-state index in [1.54, 1.807) is 12.1 Å². The fraction of sp³-hybridized carbons (Fsp3) is 0.286. The Bertz CT molecular complexity index is 1940. The summed E-state index contributed by atoms with van der Waals surface area (Å²) in [6, 6.07) is 41.7. The molecule has 0 saturated heterocycles. The topological polar surface area (TPSA) is 114 Å². The van der Waals surface area contributed by atoms with Crippen LogP contribution in [0.1, 0.15) is 41.5 Å². The highest BCUT2D eigenvalue weighted by molar-refractivity contribution is 7.86. The van der Waals surface area contributed by atoms with Gasteiger partial charge in [0.1, 0.15) is 31.6 Å². The molecule has 0 heterocycles. The van der Waals surface area contributed by atoms with Crippen molar-refractivity contribution in [1.29, 1.82) is 0 Å². The number of benzene rings is 5. The maximum atomic E-state index is 10.3. The van der Waals surface area contributed by atoms with Crippen molar-refractivity contribution in [2.75, 3.05) is 39.3 Å². The Morgan fingerprint density at radius 2 is 0.731 bits per heavy atom. The van der Waals surface area contributed by atoms with Crippen molar-refractivity contribution in [3.63, 3.8) is 0 Å². The minimum absolute atomic E-state index is 0.185. The minimum atomic E-state index is -4.25. The molecule has 0 aromatic heterocycles. The molecule has 0 aliphatic carbocycles. The van der Waals surface area contributed by atoms with Crippen LogP contribution in [0.2, 0.25) is 0 Å². The summed E-state index contributed by atoms with van der Waals surface area (Å²) in [5, 5.41) is 0. The molecule has 5 aromatic rings. The molecule has 5 aromatic carbocycles. The number of para-hydroxylation sites is 1. The molecule has 0 saturated carbocycles. The van der Waals surface area contributed by atoms with Crippen molar-refractivity contribution < 1.29 is 25.9 Å². The molecular formula is C42H52N2O6S2. The molecule has 0 atom stereocenters. The van der Waals surface area contributed by atoms with Crippen LogP contribution in [-0.4, -0.2) is 65.2 Å². The van der Waals surface area contributed by atoms with Gasteiger partial charge in [-0.25, -0.2) is 16.8 Å². The van der Waals surface area contributed by atoms with E-state index in [1.807, 2.05) is 0 Å². The number of hydrogen-bond acceptors (Lipinski definition) is 6. The van der Waals surface area contributed by atoms with E-state index in [2.05, 4.69) is 114 Å². The van der Waals surface area contributed by atoms with Crippen molar-refractivity contribution >= 4 is 31.6 Å². The number of hydrogen-bond donors (Lipinski definition) is 0. The number of quaternary nitrogens is 2. The molecule has 0 bridgehead atoms. The Balaban J connectivity index is 0.000000294. The number of rotatable bonds is 12. The van der Waals surface area contributed by atoms with E-state index in [4.69, 9.17) is 0 Å². The van der Waals surface area contributed by atoms with Gasteiger partial charge in [-0.05, 0) is 119 Å². The monoisotopic (exact) mass is 744 g/mol. The van der Waals surface area contributed by atoms with Gasteiger partial charge in [0.25, 0.3) is 0 Å². The Kier molecular flexibility index (Phi) is 15.5. The van der Waals surface area contributed by atoms with Crippen LogP contribution in [0.15, 0.2) is 143 Å². The summed E-state index contributed by atoms with van der Waals surface area (Å²) < 4.78 is 63.7. The summed E-state index contributed by atoms with van der Waals surface area (Å²) in [6.45, 7) is 20.5. The van der Waals surface area contributed by atoms with Crippen molar-refractivity contribution in [3.05, 3.63) is 133 Å². The molecule has 0 spiro atoms. The van der Waals surface area contributed by atoms with Gasteiger partial charge in [0.05, 0.1) is 49.1 Å². The van der Waals surface area contributed by atoms with Crippen LogP contribution in [0.4, 0.5) is 11.4 Å². The molecule has 0 unspecified atom stereocenters. The quantitative estimate of drug-likeness (QED) is 0.0931. The Labute approximate surface area is 311 Å². The van der Waals surface area contributed by atoms with E-state index >= 15 is 0 Å². The first-order chi connectivity index (χ1) is 24.7. The lowest BCUT2D eigenvalue weighted by molar-refractivity contribution is 0.316. The van der Waals surface area contributed by atoms with Crippen molar-refractivity contribution in [2.45, 2.75) is 51.3 Å². The highest BCUT2D eigenvalue weighted by atomic mass is 32.2. The minimum Gasteiger partial charge on any atom is -0.744 e. The van der Waals surface area contributed by atoms with Crippen LogP contribution in [-0.2, 0) is 20.2 Å². The molecule has 0 aliphatic rings. The average Bonchev–Trinajstić information content (AvgIpc) is 3.18. The van der Waals surface area contributed by atoms with Gasteiger partial charge in [0, 0.05) is 5.56 Å². The third-order valence-corrected chi connectivity index (χ3v) is 11.8. The fourth-order valence-corrected chi connectivity index (χ4v) is 7.50. The third-order valence-electron chi connectivity index (χ3n) is 10.1. The molecule has 0 radical (unpaired) electrons. The average molecular weight is 745 g/mol. The van der Waals surface area contributed by atoms with Gasteiger partial charge in [-0.2, -0.15) is 0 Å². The molecule has 0 amide bonds. The van der Waals surface area contributed by atoms with Gasteiger partial charge in [0.2, 0.25) is 0 Å². The first kappa shape index (κ1) is 42.3. The molecule has 0 fully saturated rings. The zero-order valence-electron chi connectivity index (χ0n) is 31.1. The lowest BCUT2D eigenvalue weighted by Crippen LogP contribution is -2.49. The van der Waals surface area contributed by atoms with Gasteiger partial charge >= 0.3 is 0 Å². The number of nitrogens with zero attached hydrogens (tertiary/aromatic N) is 2. The van der Waals surface area contributed by atoms with Crippen molar-refractivity contribution in [1.82, 2.24) is 8.97 Å². The van der Waals surface area contributed by atoms with Crippen LogP contribution in [0.25, 0.3) is 22.3 Å². The smallest absolute Gasteiger partial charge is 0.140 e. The van der Waals surface area contributed by atoms with E-state index in [0.717, 1.165) is 48.2 Å². The second-order valence-corrected chi connectivity index (χ2v) is 15.1. The summed E-state index contributed by atoms with van der Waals surface area (Å²) in [5.74, 6) is 0. The third kappa shape index (κ3) is 10.7. The Hall–Kier alpha value is -4.16. The van der Waals surface area contributed by atoms with E-state index < -0.39 is 20.2 Å². The zero-order chi connectivity index (χ0) is 38.4. The predicted octanol–water partition coefficient (Wildman–Crippen LogP) is 8.94. The van der Waals surface area contributed by atoms with Gasteiger partial charge in [-0.3, -0.25) is 8.97 Å². The van der Waals surface area contributed by atoms with E-state index in [9.17, 15) is 25.9 Å². The van der Waals surface area contributed by atoms with Crippen LogP contribution in [0, 0.1) is 0 Å². The largest absolute Gasteiger partial charge is 0.744 e. The predicted molar refractivity (Wildman–Crippen MR) is 213 cm³/mol. The molecular weight excluding hydrogens is 693 g/mol. The Morgan fingerprint density at radius 3 is 1.08 bits per heavy atom. The van der Waals surface area contributed by atoms with Gasteiger partial charge in [-0.1, -0.05) is 72.8 Å². The SMILES string of the molecule is CC[N+](CC)(CC)c1ccc(-c2ccc(-c3ccccc3[N+](CC)(CC)CC)cc2)cc1.O=S(=O)([O-])c1ccccc1.O=S(=O)([O-])c1ccccc1.